The summed E-state index contributed by atoms with van der Waals surface area (Å²) in [5, 5.41) is 2.95. The third-order valence-electron chi connectivity index (χ3n) is 5.91. The number of ether oxygens (including phenoxy) is 2. The van der Waals surface area contributed by atoms with E-state index in [-0.39, 0.29) is 31.0 Å². The summed E-state index contributed by atoms with van der Waals surface area (Å²) >= 11 is 0. The molecule has 0 fully saturated rings. The van der Waals surface area contributed by atoms with Crippen molar-refractivity contribution in [2.45, 2.75) is 52.2 Å². The zero-order chi connectivity index (χ0) is 25.6. The van der Waals surface area contributed by atoms with Crippen LogP contribution in [0.1, 0.15) is 39.2 Å². The Morgan fingerprint density at radius 3 is 2.34 bits per heavy atom. The van der Waals surface area contributed by atoms with Gasteiger partial charge in [0.25, 0.3) is 0 Å². The molecule has 0 unspecified atom stereocenters. The van der Waals surface area contributed by atoms with Gasteiger partial charge >= 0.3 is 0 Å². The van der Waals surface area contributed by atoms with Crippen LogP contribution in [0.15, 0.2) is 48.5 Å². The largest absolute Gasteiger partial charge is 0.454 e. The maximum atomic E-state index is 13.7. The minimum atomic E-state index is -3.82. The molecule has 1 aliphatic rings. The van der Waals surface area contributed by atoms with Gasteiger partial charge in [-0.25, -0.2) is 8.42 Å². The van der Waals surface area contributed by atoms with E-state index in [1.807, 2.05) is 51.1 Å². The molecule has 1 N–H and O–H groups in total. The number of rotatable bonds is 11. The topological polar surface area (TPSA) is 105 Å². The van der Waals surface area contributed by atoms with E-state index in [4.69, 9.17) is 9.47 Å². The first-order valence-corrected chi connectivity index (χ1v) is 13.5. The lowest BCUT2D eigenvalue weighted by molar-refractivity contribution is -0.140. The van der Waals surface area contributed by atoms with Crippen molar-refractivity contribution < 1.29 is 27.5 Å². The molecular formula is C25H33N3O6S. The molecule has 0 aromatic heterocycles. The van der Waals surface area contributed by atoms with E-state index in [1.165, 1.54) is 11.0 Å². The van der Waals surface area contributed by atoms with Crippen molar-refractivity contribution in [2.24, 2.45) is 0 Å². The Labute approximate surface area is 207 Å². The highest BCUT2D eigenvalue weighted by atomic mass is 32.2. The molecule has 2 atom stereocenters. The maximum absolute atomic E-state index is 13.7. The number of sulfonamides is 1. The second-order valence-corrected chi connectivity index (χ2v) is 10.5. The zero-order valence-electron chi connectivity index (χ0n) is 20.6. The summed E-state index contributed by atoms with van der Waals surface area (Å²) in [4.78, 5) is 28.2. The lowest BCUT2D eigenvalue weighted by atomic mass is 10.1. The van der Waals surface area contributed by atoms with Crippen molar-refractivity contribution in [2.75, 3.05) is 23.9 Å². The van der Waals surface area contributed by atoms with Gasteiger partial charge in [0.1, 0.15) is 12.6 Å². The number of hydrogen-bond donors (Lipinski definition) is 1. The summed E-state index contributed by atoms with van der Waals surface area (Å²) < 4.78 is 37.1. The van der Waals surface area contributed by atoms with E-state index in [2.05, 4.69) is 5.32 Å². The molecule has 35 heavy (non-hydrogen) atoms. The average molecular weight is 504 g/mol. The van der Waals surface area contributed by atoms with E-state index in [0.29, 0.717) is 17.9 Å². The van der Waals surface area contributed by atoms with Gasteiger partial charge in [-0.2, -0.15) is 0 Å². The van der Waals surface area contributed by atoms with Gasteiger partial charge < -0.3 is 19.7 Å². The normalized spacial score (nSPS) is 14.2. The number of fused-ring (bicyclic) bond motifs is 1. The first-order chi connectivity index (χ1) is 16.6. The van der Waals surface area contributed by atoms with E-state index < -0.39 is 28.5 Å². The number of anilines is 1. The second kappa shape index (κ2) is 11.4. The Morgan fingerprint density at radius 1 is 1.03 bits per heavy atom. The second-order valence-electron chi connectivity index (χ2n) is 8.56. The fraction of sp³-hybridized carbons (Fsp3) is 0.440. The van der Waals surface area contributed by atoms with Crippen LogP contribution in [0.4, 0.5) is 5.69 Å². The number of amides is 2. The van der Waals surface area contributed by atoms with Crippen LogP contribution in [0.5, 0.6) is 11.5 Å². The number of benzene rings is 2. The zero-order valence-corrected chi connectivity index (χ0v) is 21.4. The van der Waals surface area contributed by atoms with Gasteiger partial charge in [-0.3, -0.25) is 13.9 Å². The molecule has 3 rings (SSSR count). The molecule has 2 amide bonds. The summed E-state index contributed by atoms with van der Waals surface area (Å²) in [5.41, 5.74) is 1.12. The molecule has 2 aromatic carbocycles. The van der Waals surface area contributed by atoms with Gasteiger partial charge in [-0.1, -0.05) is 44.2 Å². The van der Waals surface area contributed by atoms with Crippen molar-refractivity contribution >= 4 is 27.5 Å². The summed E-state index contributed by atoms with van der Waals surface area (Å²) in [6.45, 7) is 5.46. The van der Waals surface area contributed by atoms with Crippen LogP contribution in [0.2, 0.25) is 0 Å². The highest BCUT2D eigenvalue weighted by Crippen LogP contribution is 2.36. The first kappa shape index (κ1) is 26.3. The quantitative estimate of drug-likeness (QED) is 0.506. The van der Waals surface area contributed by atoms with Gasteiger partial charge in [0.15, 0.2) is 11.5 Å². The van der Waals surface area contributed by atoms with E-state index in [1.54, 1.807) is 12.1 Å². The summed E-state index contributed by atoms with van der Waals surface area (Å²) in [5.74, 6) is 0.166. The first-order valence-electron chi connectivity index (χ1n) is 11.6. The van der Waals surface area contributed by atoms with E-state index in [9.17, 15) is 18.0 Å². The molecule has 9 nitrogen and oxygen atoms in total. The van der Waals surface area contributed by atoms with Crippen LogP contribution in [-0.2, 0) is 26.2 Å². The average Bonchev–Trinajstić information content (AvgIpc) is 3.30. The maximum Gasteiger partial charge on any atom is 0.244 e. The smallest absolute Gasteiger partial charge is 0.244 e. The third kappa shape index (κ3) is 6.66. The van der Waals surface area contributed by atoms with Gasteiger partial charge in [0.2, 0.25) is 28.6 Å². The highest BCUT2D eigenvalue weighted by Gasteiger charge is 2.32. The minimum absolute atomic E-state index is 0.0465. The SMILES string of the molecule is CC[C@@H](C)NC(=O)[C@H](CC)N(Cc1ccccc1)C(=O)CN(c1ccc2c(c1)OCO2)S(C)(=O)=O. The van der Waals surface area contributed by atoms with Crippen molar-refractivity contribution in [3.8, 4) is 11.5 Å². The summed E-state index contributed by atoms with van der Waals surface area (Å²) in [6.07, 6.45) is 2.17. The van der Waals surface area contributed by atoms with Crippen LogP contribution in [-0.4, -0.2) is 56.8 Å². The van der Waals surface area contributed by atoms with Gasteiger partial charge in [0.05, 0.1) is 11.9 Å². The van der Waals surface area contributed by atoms with E-state index in [0.717, 1.165) is 22.5 Å². The van der Waals surface area contributed by atoms with Gasteiger partial charge in [-0.15, -0.1) is 0 Å². The Balaban J connectivity index is 1.93. The molecule has 190 valence electrons. The van der Waals surface area contributed by atoms with Crippen LogP contribution >= 0.6 is 0 Å². The van der Waals surface area contributed by atoms with E-state index >= 15 is 0 Å². The van der Waals surface area contributed by atoms with Crippen molar-refractivity contribution in [3.63, 3.8) is 0 Å². The van der Waals surface area contributed by atoms with Crippen molar-refractivity contribution in [1.82, 2.24) is 10.2 Å². The van der Waals surface area contributed by atoms with Crippen LogP contribution in [0.25, 0.3) is 0 Å². The number of carbonyl (C=O) groups is 2. The molecular weight excluding hydrogens is 470 g/mol. The monoisotopic (exact) mass is 503 g/mol. The van der Waals surface area contributed by atoms with Crippen LogP contribution in [0.3, 0.4) is 0 Å². The number of carbonyl (C=O) groups excluding carboxylic acids is 2. The Kier molecular flexibility index (Phi) is 8.61. The molecule has 0 spiro atoms. The lowest BCUT2D eigenvalue weighted by Crippen LogP contribution is -2.53. The molecule has 1 heterocycles. The van der Waals surface area contributed by atoms with Crippen LogP contribution < -0.4 is 19.1 Å². The Morgan fingerprint density at radius 2 is 1.71 bits per heavy atom. The van der Waals surface area contributed by atoms with Crippen molar-refractivity contribution in [3.05, 3.63) is 54.1 Å². The molecule has 0 aliphatic carbocycles. The standard InChI is InChI=1S/C25H33N3O6S/c1-5-18(3)26-25(30)21(6-2)27(15-19-10-8-7-9-11-19)24(29)16-28(35(4,31)32)20-12-13-22-23(14-20)34-17-33-22/h7-14,18,21H,5-6,15-17H2,1-4H3,(H,26,30)/t18-,21+/m1/s1. The fourth-order valence-corrected chi connectivity index (χ4v) is 4.64. The van der Waals surface area contributed by atoms with Gasteiger partial charge in [-0.05, 0) is 37.5 Å². The lowest BCUT2D eigenvalue weighted by Gasteiger charge is -2.33. The third-order valence-corrected chi connectivity index (χ3v) is 7.05. The predicted molar refractivity (Wildman–Crippen MR) is 134 cm³/mol. The molecule has 0 radical (unpaired) electrons. The molecule has 0 saturated heterocycles. The molecule has 1 aliphatic heterocycles. The van der Waals surface area contributed by atoms with Crippen LogP contribution in [0, 0.1) is 0 Å². The summed E-state index contributed by atoms with van der Waals surface area (Å²) in [6, 6.07) is 13.2. The Hall–Kier alpha value is -3.27. The van der Waals surface area contributed by atoms with Gasteiger partial charge in [0, 0.05) is 18.7 Å². The molecule has 0 saturated carbocycles. The highest BCUT2D eigenvalue weighted by molar-refractivity contribution is 7.92. The number of hydrogen-bond acceptors (Lipinski definition) is 6. The fourth-order valence-electron chi connectivity index (χ4n) is 3.79. The molecule has 0 bridgehead atoms. The van der Waals surface area contributed by atoms with Crippen molar-refractivity contribution in [1.29, 1.82) is 0 Å². The molecule has 10 heteroatoms. The number of nitrogens with one attached hydrogen (secondary N) is 1. The summed E-state index contributed by atoms with van der Waals surface area (Å²) in [7, 11) is -3.82. The predicted octanol–water partition coefficient (Wildman–Crippen LogP) is 2.90. The molecule has 2 aromatic rings. The minimum Gasteiger partial charge on any atom is -0.454 e. The Bertz CT molecular complexity index is 1140. The number of nitrogens with zero attached hydrogens (tertiary/aromatic N) is 2.